The first-order valence-electron chi connectivity index (χ1n) is 7.12. The van der Waals surface area contributed by atoms with E-state index < -0.39 is 18.1 Å². The van der Waals surface area contributed by atoms with E-state index >= 15 is 0 Å². The Morgan fingerprint density at radius 3 is 2.62 bits per heavy atom. The van der Waals surface area contributed by atoms with Crippen LogP contribution in [0.15, 0.2) is 18.2 Å². The van der Waals surface area contributed by atoms with E-state index in [1.807, 2.05) is 5.92 Å². The van der Waals surface area contributed by atoms with Gasteiger partial charge in [-0.15, -0.1) is 0 Å². The van der Waals surface area contributed by atoms with Crippen LogP contribution in [-0.2, 0) is 16.1 Å². The monoisotopic (exact) mass is 336 g/mol. The summed E-state index contributed by atoms with van der Waals surface area (Å²) in [6.07, 6.45) is -4.22. The van der Waals surface area contributed by atoms with Gasteiger partial charge in [0.15, 0.2) is 0 Å². The van der Waals surface area contributed by atoms with E-state index in [2.05, 4.69) is 5.32 Å². The summed E-state index contributed by atoms with van der Waals surface area (Å²) < 4.78 is 36.4. The number of hydrogen-bond acceptors (Lipinski definition) is 3. The highest BCUT2D eigenvalue weighted by Crippen LogP contribution is 2.28. The van der Waals surface area contributed by atoms with Crippen molar-refractivity contribution in [1.82, 2.24) is 10.2 Å². The molecule has 1 fully saturated rings. The molecule has 1 saturated heterocycles. The molecule has 0 bridgehead atoms. The Morgan fingerprint density at radius 2 is 1.96 bits per heavy atom. The lowest BCUT2D eigenvalue weighted by Gasteiger charge is -2.29. The van der Waals surface area contributed by atoms with E-state index in [1.165, 1.54) is 29.0 Å². The number of hydrogen-bond donors (Lipinski definition) is 1. The molecule has 0 saturated carbocycles. The Balaban J connectivity index is 1.83. The number of imide groups is 1. The molecule has 124 valence electrons. The summed E-state index contributed by atoms with van der Waals surface area (Å²) in [6, 6.07) is 3.40. The molecule has 3 rings (SSSR count). The molecule has 0 spiro atoms. The van der Waals surface area contributed by atoms with E-state index in [0.717, 1.165) is 0 Å². The number of fused-ring (bicyclic) bond motifs is 1. The number of carbonyl (C=O) groups excluding carboxylic acids is 3. The van der Waals surface area contributed by atoms with Gasteiger partial charge in [0.2, 0.25) is 11.8 Å². The van der Waals surface area contributed by atoms with Gasteiger partial charge in [0, 0.05) is 30.0 Å². The highest BCUT2D eigenvalue weighted by molar-refractivity contribution is 6.05. The zero-order valence-corrected chi connectivity index (χ0v) is 12.2. The van der Waals surface area contributed by atoms with Crippen molar-refractivity contribution in [3.63, 3.8) is 0 Å². The van der Waals surface area contributed by atoms with Crippen LogP contribution >= 0.6 is 0 Å². The Morgan fingerprint density at radius 1 is 1.21 bits per heavy atom. The van der Waals surface area contributed by atoms with Crippen molar-refractivity contribution in [3.8, 4) is 11.8 Å². The SMILES string of the molecule is O=C1CCC(N2Cc3cc(C#CC(F)(F)F)ccc3C2=O)C(=O)N1. The van der Waals surface area contributed by atoms with Crippen LogP contribution in [0.3, 0.4) is 0 Å². The molecule has 2 aliphatic heterocycles. The second kappa shape index (κ2) is 5.67. The number of halogens is 3. The Kier molecular flexibility index (Phi) is 3.79. The van der Waals surface area contributed by atoms with Gasteiger partial charge in [-0.2, -0.15) is 13.2 Å². The molecule has 1 atom stereocenters. The normalized spacial score (nSPS) is 20.4. The molecule has 24 heavy (non-hydrogen) atoms. The van der Waals surface area contributed by atoms with Gasteiger partial charge in [0.1, 0.15) is 6.04 Å². The maximum atomic E-state index is 12.4. The van der Waals surface area contributed by atoms with Crippen LogP contribution in [0.4, 0.5) is 13.2 Å². The topological polar surface area (TPSA) is 66.5 Å². The first kappa shape index (κ1) is 16.1. The van der Waals surface area contributed by atoms with Gasteiger partial charge < -0.3 is 4.90 Å². The maximum Gasteiger partial charge on any atom is 0.458 e. The summed E-state index contributed by atoms with van der Waals surface area (Å²) in [5.41, 5.74) is 0.986. The number of nitrogens with one attached hydrogen (secondary N) is 1. The molecule has 2 aliphatic rings. The second-order valence-electron chi connectivity index (χ2n) is 5.52. The highest BCUT2D eigenvalue weighted by Gasteiger charge is 2.39. The van der Waals surface area contributed by atoms with Crippen molar-refractivity contribution < 1.29 is 27.6 Å². The quantitative estimate of drug-likeness (QED) is 0.622. The first-order chi connectivity index (χ1) is 11.2. The van der Waals surface area contributed by atoms with Crippen molar-refractivity contribution in [3.05, 3.63) is 34.9 Å². The molecule has 0 aliphatic carbocycles. The minimum absolute atomic E-state index is 0.0992. The molecule has 5 nitrogen and oxygen atoms in total. The lowest BCUT2D eigenvalue weighted by Crippen LogP contribution is -2.52. The highest BCUT2D eigenvalue weighted by atomic mass is 19.4. The van der Waals surface area contributed by atoms with Crippen molar-refractivity contribution in [1.29, 1.82) is 0 Å². The number of rotatable bonds is 1. The summed E-state index contributed by atoms with van der Waals surface area (Å²) in [6.45, 7) is 0.0992. The summed E-state index contributed by atoms with van der Waals surface area (Å²) in [5.74, 6) is 1.88. The van der Waals surface area contributed by atoms with E-state index in [0.29, 0.717) is 11.1 Å². The number of nitrogens with zero attached hydrogens (tertiary/aromatic N) is 1. The summed E-state index contributed by atoms with van der Waals surface area (Å²) >= 11 is 0. The fourth-order valence-corrected chi connectivity index (χ4v) is 2.80. The minimum Gasteiger partial charge on any atom is -0.322 e. The van der Waals surface area contributed by atoms with Gasteiger partial charge in [-0.1, -0.05) is 5.92 Å². The molecular weight excluding hydrogens is 325 g/mol. The standard InChI is InChI=1S/C16H11F3N2O3/c17-16(18,19)6-5-9-1-2-11-10(7-9)8-21(15(11)24)12-3-4-13(22)20-14(12)23/h1-2,7,12H,3-4,8H2,(H,20,22,23). The van der Waals surface area contributed by atoms with Crippen LogP contribution in [-0.4, -0.2) is 34.8 Å². The fraction of sp³-hybridized carbons (Fsp3) is 0.312. The molecular formula is C16H11F3N2O3. The molecule has 8 heteroatoms. The Labute approximate surface area is 134 Å². The minimum atomic E-state index is -4.59. The van der Waals surface area contributed by atoms with Crippen LogP contribution in [0.2, 0.25) is 0 Å². The van der Waals surface area contributed by atoms with E-state index in [-0.39, 0.29) is 36.8 Å². The summed E-state index contributed by atoms with van der Waals surface area (Å²) in [5, 5.41) is 2.18. The third-order valence-corrected chi connectivity index (χ3v) is 3.87. The van der Waals surface area contributed by atoms with E-state index in [1.54, 1.807) is 0 Å². The number of amides is 3. The van der Waals surface area contributed by atoms with Crippen molar-refractivity contribution >= 4 is 17.7 Å². The third-order valence-electron chi connectivity index (χ3n) is 3.87. The van der Waals surface area contributed by atoms with Gasteiger partial charge in [0.05, 0.1) is 0 Å². The zero-order chi connectivity index (χ0) is 17.5. The molecule has 3 amide bonds. The van der Waals surface area contributed by atoms with Crippen LogP contribution in [0.1, 0.15) is 34.3 Å². The van der Waals surface area contributed by atoms with Crippen LogP contribution in [0.25, 0.3) is 0 Å². The lowest BCUT2D eigenvalue weighted by molar-refractivity contribution is -0.136. The van der Waals surface area contributed by atoms with Gasteiger partial charge in [0.25, 0.3) is 5.91 Å². The smallest absolute Gasteiger partial charge is 0.322 e. The number of piperidine rings is 1. The van der Waals surface area contributed by atoms with Gasteiger partial charge in [-0.05, 0) is 30.2 Å². The Bertz CT molecular complexity index is 805. The summed E-state index contributed by atoms with van der Waals surface area (Å²) in [7, 11) is 0. The van der Waals surface area contributed by atoms with Crippen LogP contribution in [0.5, 0.6) is 0 Å². The Hall–Kier alpha value is -2.82. The van der Waals surface area contributed by atoms with Crippen molar-refractivity contribution in [2.24, 2.45) is 0 Å². The van der Waals surface area contributed by atoms with Crippen molar-refractivity contribution in [2.45, 2.75) is 31.6 Å². The molecule has 1 aromatic carbocycles. The average molecular weight is 336 g/mol. The molecule has 1 N–H and O–H groups in total. The molecule has 1 aromatic rings. The largest absolute Gasteiger partial charge is 0.458 e. The molecule has 2 heterocycles. The van der Waals surface area contributed by atoms with Gasteiger partial charge in [-0.3, -0.25) is 19.7 Å². The number of carbonyl (C=O) groups is 3. The van der Waals surface area contributed by atoms with Crippen LogP contribution in [0, 0.1) is 11.8 Å². The van der Waals surface area contributed by atoms with E-state index in [4.69, 9.17) is 0 Å². The van der Waals surface area contributed by atoms with E-state index in [9.17, 15) is 27.6 Å². The zero-order valence-electron chi connectivity index (χ0n) is 12.2. The third kappa shape index (κ3) is 3.11. The lowest BCUT2D eigenvalue weighted by atomic mass is 10.0. The molecule has 0 radical (unpaired) electrons. The van der Waals surface area contributed by atoms with Gasteiger partial charge in [-0.25, -0.2) is 0 Å². The van der Waals surface area contributed by atoms with Gasteiger partial charge >= 0.3 is 6.18 Å². The number of benzene rings is 1. The fourth-order valence-electron chi connectivity index (χ4n) is 2.80. The molecule has 1 unspecified atom stereocenters. The van der Waals surface area contributed by atoms with Crippen molar-refractivity contribution in [2.75, 3.05) is 0 Å². The molecule has 0 aromatic heterocycles. The second-order valence-corrected chi connectivity index (χ2v) is 5.52. The van der Waals surface area contributed by atoms with Crippen LogP contribution < -0.4 is 5.32 Å². The number of alkyl halides is 3. The maximum absolute atomic E-state index is 12.4. The predicted molar refractivity (Wildman–Crippen MR) is 75.4 cm³/mol. The first-order valence-corrected chi connectivity index (χ1v) is 7.12. The average Bonchev–Trinajstić information content (AvgIpc) is 2.81. The predicted octanol–water partition coefficient (Wildman–Crippen LogP) is 1.36. The summed E-state index contributed by atoms with van der Waals surface area (Å²) in [4.78, 5) is 36.8.